The number of carbonyl (C=O) groups excluding carboxylic acids is 4. The highest BCUT2D eigenvalue weighted by Gasteiger charge is 2.41. The summed E-state index contributed by atoms with van der Waals surface area (Å²) in [6.07, 6.45) is 13.0. The van der Waals surface area contributed by atoms with Gasteiger partial charge in [0.25, 0.3) is 0 Å². The fourth-order valence-corrected chi connectivity index (χ4v) is 5.44. The third-order valence-corrected chi connectivity index (χ3v) is 7.61. The minimum Gasteiger partial charge on any atom is -0.507 e. The lowest BCUT2D eigenvalue weighted by atomic mass is 9.79. The van der Waals surface area contributed by atoms with Gasteiger partial charge in [-0.15, -0.1) is 0 Å². The lowest BCUT2D eigenvalue weighted by molar-refractivity contribution is -0.127. The van der Waals surface area contributed by atoms with Gasteiger partial charge in [-0.05, 0) is 68.9 Å². The molecule has 1 aromatic carbocycles. The first-order chi connectivity index (χ1) is 17.9. The van der Waals surface area contributed by atoms with E-state index in [4.69, 9.17) is 4.74 Å². The summed E-state index contributed by atoms with van der Waals surface area (Å²) in [5, 5.41) is 10.5. The summed E-state index contributed by atoms with van der Waals surface area (Å²) >= 11 is 0. The van der Waals surface area contributed by atoms with Gasteiger partial charge in [0, 0.05) is 55.9 Å². The van der Waals surface area contributed by atoms with Gasteiger partial charge in [0.1, 0.15) is 17.6 Å². The second kappa shape index (κ2) is 10.7. The third kappa shape index (κ3) is 5.38. The molecule has 4 aliphatic rings. The molecule has 1 aromatic rings. The molecule has 194 valence electrons. The number of likely N-dealkylation sites (tertiary alicyclic amines) is 2. The Kier molecular flexibility index (Phi) is 7.26. The highest BCUT2D eigenvalue weighted by atomic mass is 16.5. The van der Waals surface area contributed by atoms with Gasteiger partial charge >= 0.3 is 0 Å². The van der Waals surface area contributed by atoms with Crippen LogP contribution in [-0.4, -0.2) is 70.6 Å². The molecule has 0 aromatic heterocycles. The van der Waals surface area contributed by atoms with Gasteiger partial charge in [-0.25, -0.2) is 0 Å². The molecule has 0 saturated carbocycles. The number of rotatable bonds is 4. The van der Waals surface area contributed by atoms with Gasteiger partial charge in [-0.2, -0.15) is 0 Å². The zero-order chi connectivity index (χ0) is 25.9. The number of aromatic hydroxyl groups is 1. The number of fused-ring (bicyclic) bond motifs is 2. The van der Waals surface area contributed by atoms with E-state index in [9.17, 15) is 24.3 Å². The summed E-state index contributed by atoms with van der Waals surface area (Å²) < 4.78 is 6.11. The van der Waals surface area contributed by atoms with Gasteiger partial charge in [0.2, 0.25) is 11.8 Å². The molecule has 1 N–H and O–H groups in total. The van der Waals surface area contributed by atoms with Crippen LogP contribution in [-0.2, 0) is 14.4 Å². The Balaban J connectivity index is 1.33. The Morgan fingerprint density at radius 1 is 0.865 bits per heavy atom. The van der Waals surface area contributed by atoms with Crippen molar-refractivity contribution in [1.82, 2.24) is 9.80 Å². The third-order valence-electron chi connectivity index (χ3n) is 7.61. The van der Waals surface area contributed by atoms with Gasteiger partial charge in [-0.1, -0.05) is 0 Å². The molecule has 1 aliphatic carbocycles. The molecule has 0 bridgehead atoms. The molecule has 2 unspecified atom stereocenters. The maximum Gasteiger partial charge on any atom is 0.246 e. The van der Waals surface area contributed by atoms with E-state index in [1.54, 1.807) is 21.9 Å². The lowest BCUT2D eigenvalue weighted by Gasteiger charge is -2.33. The summed E-state index contributed by atoms with van der Waals surface area (Å²) in [6, 6.07) is 2.90. The Bertz CT molecular complexity index is 1200. The van der Waals surface area contributed by atoms with Gasteiger partial charge in [0.15, 0.2) is 11.6 Å². The van der Waals surface area contributed by atoms with Crippen LogP contribution < -0.4 is 4.74 Å². The largest absolute Gasteiger partial charge is 0.507 e. The number of ketones is 2. The number of phenolic OH excluding ortho intramolecular Hbond substituents is 1. The summed E-state index contributed by atoms with van der Waals surface area (Å²) in [7, 11) is 0. The minimum absolute atomic E-state index is 0.0240. The average molecular weight is 505 g/mol. The Hall–Kier alpha value is -3.68. The first kappa shape index (κ1) is 25.0. The van der Waals surface area contributed by atoms with Gasteiger partial charge in [-0.3, -0.25) is 19.2 Å². The zero-order valence-electron chi connectivity index (χ0n) is 20.9. The van der Waals surface area contributed by atoms with E-state index in [1.165, 1.54) is 30.4 Å². The second-order valence-electron chi connectivity index (χ2n) is 10.1. The van der Waals surface area contributed by atoms with Gasteiger partial charge in [0.05, 0.1) is 11.5 Å². The fraction of sp³-hybridized carbons (Fsp3) is 0.448. The molecule has 2 fully saturated rings. The quantitative estimate of drug-likeness (QED) is 0.630. The molecule has 0 radical (unpaired) electrons. The number of hydrogen-bond donors (Lipinski definition) is 1. The van der Waals surface area contributed by atoms with E-state index in [0.29, 0.717) is 16.9 Å². The van der Waals surface area contributed by atoms with Crippen LogP contribution in [0, 0.1) is 5.92 Å². The number of ether oxygens (including phenoxy) is 1. The van der Waals surface area contributed by atoms with Crippen molar-refractivity contribution in [2.75, 3.05) is 26.2 Å². The number of amides is 2. The van der Waals surface area contributed by atoms with Crippen molar-refractivity contribution in [1.29, 1.82) is 0 Å². The van der Waals surface area contributed by atoms with Crippen LogP contribution in [0.3, 0.4) is 0 Å². The molecule has 2 atom stereocenters. The molecular weight excluding hydrogens is 472 g/mol. The second-order valence-corrected chi connectivity index (χ2v) is 10.1. The van der Waals surface area contributed by atoms with Crippen LogP contribution in [0.4, 0.5) is 0 Å². The maximum atomic E-state index is 13.2. The molecule has 0 spiro atoms. The maximum absolute atomic E-state index is 13.2. The monoisotopic (exact) mass is 504 g/mol. The molecule has 37 heavy (non-hydrogen) atoms. The van der Waals surface area contributed by atoms with E-state index < -0.39 is 12.0 Å². The number of benzene rings is 1. The molecule has 8 heteroatoms. The van der Waals surface area contributed by atoms with E-state index in [2.05, 4.69) is 0 Å². The van der Waals surface area contributed by atoms with E-state index >= 15 is 0 Å². The average Bonchev–Trinajstić information content (AvgIpc) is 2.92. The molecule has 3 aliphatic heterocycles. The number of phenols is 1. The topological polar surface area (TPSA) is 104 Å². The first-order valence-corrected chi connectivity index (χ1v) is 13.2. The van der Waals surface area contributed by atoms with Crippen molar-refractivity contribution in [3.05, 3.63) is 53.1 Å². The SMILES string of the molecule is O=C1CC2C(=O)c3cc(O)c(/C=C/C(=O)N4CCCCC4)cc3OC2C=C1/C=C/C(=O)N1CCCCC1. The van der Waals surface area contributed by atoms with Crippen LogP contribution in [0.15, 0.2) is 42.0 Å². The van der Waals surface area contributed by atoms with Crippen molar-refractivity contribution < 1.29 is 29.0 Å². The van der Waals surface area contributed by atoms with E-state index in [-0.39, 0.29) is 41.1 Å². The molecule has 2 amide bonds. The van der Waals surface area contributed by atoms with Crippen molar-refractivity contribution in [2.45, 2.75) is 51.0 Å². The van der Waals surface area contributed by atoms with E-state index in [0.717, 1.165) is 64.7 Å². The van der Waals surface area contributed by atoms with Crippen LogP contribution in [0.5, 0.6) is 11.5 Å². The molecule has 8 nitrogen and oxygen atoms in total. The summed E-state index contributed by atoms with van der Waals surface area (Å²) in [5.41, 5.74) is 0.950. The Morgan fingerprint density at radius 3 is 2.08 bits per heavy atom. The number of hydrogen-bond acceptors (Lipinski definition) is 6. The smallest absolute Gasteiger partial charge is 0.246 e. The van der Waals surface area contributed by atoms with Gasteiger partial charge < -0.3 is 19.6 Å². The zero-order valence-corrected chi connectivity index (χ0v) is 20.9. The number of allylic oxidation sites excluding steroid dienone is 2. The highest BCUT2D eigenvalue weighted by molar-refractivity contribution is 6.09. The van der Waals surface area contributed by atoms with Crippen LogP contribution in [0.25, 0.3) is 6.08 Å². The van der Waals surface area contributed by atoms with Crippen LogP contribution >= 0.6 is 0 Å². The molecular formula is C29H32N2O6. The van der Waals surface area contributed by atoms with Crippen molar-refractivity contribution in [3.8, 4) is 11.5 Å². The Morgan fingerprint density at radius 2 is 1.46 bits per heavy atom. The molecule has 2 saturated heterocycles. The fourth-order valence-electron chi connectivity index (χ4n) is 5.44. The van der Waals surface area contributed by atoms with Crippen LogP contribution in [0.1, 0.15) is 60.9 Å². The minimum atomic E-state index is -0.684. The Labute approximate surface area is 216 Å². The number of nitrogens with zero attached hydrogens (tertiary/aromatic N) is 2. The first-order valence-electron chi connectivity index (χ1n) is 13.2. The van der Waals surface area contributed by atoms with Crippen LogP contribution in [0.2, 0.25) is 0 Å². The molecule has 3 heterocycles. The number of carbonyl (C=O) groups is 4. The standard InChI is InChI=1S/C29H32N2O6/c32-23-17-21-25(15-19(23)7-9-27(34)30-11-3-1-4-12-30)37-26-16-20(24(33)18-22(26)29(21)36)8-10-28(35)31-13-5-2-6-14-31/h7-10,15-17,22,26,32H,1-6,11-14,18H2/b9-7+,10-8+. The summed E-state index contributed by atoms with van der Waals surface area (Å²) in [4.78, 5) is 54.5. The molecule has 5 rings (SSSR count). The highest BCUT2D eigenvalue weighted by Crippen LogP contribution is 2.40. The van der Waals surface area contributed by atoms with Crippen molar-refractivity contribution in [2.24, 2.45) is 5.92 Å². The normalized spacial score (nSPS) is 24.1. The van der Waals surface area contributed by atoms with Crippen molar-refractivity contribution in [3.63, 3.8) is 0 Å². The number of Topliss-reactive ketones (excluding diaryl/α,β-unsaturated/α-hetero) is 2. The summed E-state index contributed by atoms with van der Waals surface area (Å²) in [5.74, 6) is -1.23. The lowest BCUT2D eigenvalue weighted by Crippen LogP contribution is -2.41. The van der Waals surface area contributed by atoms with Crippen molar-refractivity contribution >= 4 is 29.5 Å². The summed E-state index contributed by atoms with van der Waals surface area (Å²) in [6.45, 7) is 2.90. The predicted octanol–water partition coefficient (Wildman–Crippen LogP) is 3.45. The number of piperidine rings is 2. The predicted molar refractivity (Wildman–Crippen MR) is 137 cm³/mol. The van der Waals surface area contributed by atoms with E-state index in [1.807, 2.05) is 0 Å².